The van der Waals surface area contributed by atoms with Gasteiger partial charge in [-0.15, -0.1) is 0 Å². The van der Waals surface area contributed by atoms with Crippen LogP contribution in [0, 0.1) is 0 Å². The number of hydrogen-bond donors (Lipinski definition) is 1. The highest BCUT2D eigenvalue weighted by Crippen LogP contribution is 2.06. The van der Waals surface area contributed by atoms with Gasteiger partial charge in [0.25, 0.3) is 0 Å². The van der Waals surface area contributed by atoms with E-state index < -0.39 is 5.97 Å². The second kappa shape index (κ2) is 6.62. The minimum Gasteiger partial charge on any atom is -0.481 e. The smallest absolute Gasteiger partial charge is 0.305 e. The average molecular weight is 236 g/mol. The molecule has 1 N–H and O–H groups in total. The Bertz CT molecular complexity index is 379. The molecule has 0 aromatic carbocycles. The molecule has 0 atom stereocenters. The molecule has 1 heterocycles. The Morgan fingerprint density at radius 2 is 2.00 bits per heavy atom. The molecule has 0 unspecified atom stereocenters. The van der Waals surface area contributed by atoms with Crippen molar-refractivity contribution in [3.8, 4) is 0 Å². The molecular formula is C12H16N2O3. The lowest BCUT2D eigenvalue weighted by molar-refractivity contribution is -0.138. The topological polar surface area (TPSA) is 70.5 Å². The Morgan fingerprint density at radius 1 is 1.35 bits per heavy atom. The lowest BCUT2D eigenvalue weighted by Crippen LogP contribution is -2.31. The van der Waals surface area contributed by atoms with Crippen LogP contribution in [0.15, 0.2) is 24.5 Å². The number of amides is 1. The number of carboxylic acid groups (broad SMARTS) is 1. The van der Waals surface area contributed by atoms with E-state index in [1.54, 1.807) is 24.2 Å². The number of carboxylic acids is 1. The summed E-state index contributed by atoms with van der Waals surface area (Å²) in [6.07, 6.45) is 3.66. The summed E-state index contributed by atoms with van der Waals surface area (Å²) >= 11 is 0. The van der Waals surface area contributed by atoms with Crippen molar-refractivity contribution in [1.29, 1.82) is 0 Å². The predicted molar refractivity (Wildman–Crippen MR) is 62.2 cm³/mol. The van der Waals surface area contributed by atoms with Gasteiger partial charge in [0.15, 0.2) is 0 Å². The van der Waals surface area contributed by atoms with Gasteiger partial charge in [-0.05, 0) is 17.7 Å². The monoisotopic (exact) mass is 236 g/mol. The van der Waals surface area contributed by atoms with Crippen molar-refractivity contribution in [2.24, 2.45) is 0 Å². The van der Waals surface area contributed by atoms with Gasteiger partial charge in [-0.3, -0.25) is 14.6 Å². The van der Waals surface area contributed by atoms with Gasteiger partial charge in [-0.2, -0.15) is 0 Å². The summed E-state index contributed by atoms with van der Waals surface area (Å²) in [7, 11) is 0. The third-order valence-corrected chi connectivity index (χ3v) is 2.37. The maximum absolute atomic E-state index is 11.6. The Morgan fingerprint density at radius 3 is 2.53 bits per heavy atom. The maximum atomic E-state index is 11.6. The predicted octanol–water partition coefficient (Wildman–Crippen LogP) is 1.29. The molecule has 1 rings (SSSR count). The van der Waals surface area contributed by atoms with E-state index in [0.717, 1.165) is 5.56 Å². The molecule has 5 nitrogen and oxygen atoms in total. The first-order valence-electron chi connectivity index (χ1n) is 5.52. The lowest BCUT2D eigenvalue weighted by Gasteiger charge is -2.21. The van der Waals surface area contributed by atoms with E-state index in [2.05, 4.69) is 4.98 Å². The number of carbonyl (C=O) groups excluding carboxylic acids is 1. The molecule has 0 saturated heterocycles. The largest absolute Gasteiger partial charge is 0.481 e. The summed E-state index contributed by atoms with van der Waals surface area (Å²) in [6.45, 7) is 2.44. The van der Waals surface area contributed by atoms with Gasteiger partial charge in [-0.25, -0.2) is 0 Å². The van der Waals surface area contributed by atoms with Crippen molar-refractivity contribution in [1.82, 2.24) is 9.88 Å². The fraction of sp³-hybridized carbons (Fsp3) is 0.417. The van der Waals surface area contributed by atoms with E-state index in [4.69, 9.17) is 5.11 Å². The summed E-state index contributed by atoms with van der Waals surface area (Å²) in [5, 5.41) is 8.63. The number of hydrogen-bond acceptors (Lipinski definition) is 3. The normalized spacial score (nSPS) is 9.94. The summed E-state index contributed by atoms with van der Waals surface area (Å²) in [4.78, 5) is 27.6. The molecule has 0 bridgehead atoms. The van der Waals surface area contributed by atoms with E-state index in [1.807, 2.05) is 12.1 Å². The van der Waals surface area contributed by atoms with Crippen molar-refractivity contribution >= 4 is 11.9 Å². The first kappa shape index (κ1) is 13.2. The molecule has 0 aliphatic carbocycles. The van der Waals surface area contributed by atoms with Crippen LogP contribution in [0.1, 0.15) is 25.3 Å². The number of aliphatic carboxylic acids is 1. The molecule has 0 aliphatic rings. The SMILES string of the molecule is CCC(=O)N(CCC(=O)O)Cc1ccncc1. The summed E-state index contributed by atoms with van der Waals surface area (Å²) in [5.41, 5.74) is 0.951. The average Bonchev–Trinajstić information content (AvgIpc) is 2.34. The second-order valence-corrected chi connectivity index (χ2v) is 3.67. The van der Waals surface area contributed by atoms with E-state index in [0.29, 0.717) is 13.0 Å². The third kappa shape index (κ3) is 4.63. The van der Waals surface area contributed by atoms with Crippen LogP contribution in [0.5, 0.6) is 0 Å². The van der Waals surface area contributed by atoms with Crippen LogP contribution in [0.25, 0.3) is 0 Å². The summed E-state index contributed by atoms with van der Waals surface area (Å²) in [6, 6.07) is 3.63. The minimum absolute atomic E-state index is 0.0309. The number of pyridine rings is 1. The number of aromatic nitrogens is 1. The van der Waals surface area contributed by atoms with Crippen LogP contribution in [-0.4, -0.2) is 33.4 Å². The van der Waals surface area contributed by atoms with Crippen LogP contribution in [0.4, 0.5) is 0 Å². The second-order valence-electron chi connectivity index (χ2n) is 3.67. The number of carbonyl (C=O) groups is 2. The van der Waals surface area contributed by atoms with E-state index in [-0.39, 0.29) is 18.9 Å². The van der Waals surface area contributed by atoms with Gasteiger partial charge < -0.3 is 10.0 Å². The third-order valence-electron chi connectivity index (χ3n) is 2.37. The highest BCUT2D eigenvalue weighted by Gasteiger charge is 2.13. The zero-order valence-corrected chi connectivity index (χ0v) is 9.80. The standard InChI is InChI=1S/C12H16N2O3/c1-2-11(15)14(8-5-12(16)17)9-10-3-6-13-7-4-10/h3-4,6-7H,2,5,8-9H2,1H3,(H,16,17). The van der Waals surface area contributed by atoms with E-state index in [9.17, 15) is 9.59 Å². The van der Waals surface area contributed by atoms with Gasteiger partial charge in [0, 0.05) is 31.9 Å². The Labute approximate surface area is 100 Å². The van der Waals surface area contributed by atoms with Gasteiger partial charge in [-0.1, -0.05) is 6.92 Å². The highest BCUT2D eigenvalue weighted by molar-refractivity contribution is 5.76. The van der Waals surface area contributed by atoms with Crippen molar-refractivity contribution < 1.29 is 14.7 Å². The number of nitrogens with zero attached hydrogens (tertiary/aromatic N) is 2. The molecule has 1 amide bonds. The Kier molecular flexibility index (Phi) is 5.13. The zero-order valence-electron chi connectivity index (χ0n) is 9.80. The molecule has 0 fully saturated rings. The van der Waals surface area contributed by atoms with Crippen molar-refractivity contribution in [3.05, 3.63) is 30.1 Å². The Balaban J connectivity index is 2.63. The molecule has 1 aromatic heterocycles. The van der Waals surface area contributed by atoms with Crippen molar-refractivity contribution in [3.63, 3.8) is 0 Å². The lowest BCUT2D eigenvalue weighted by atomic mass is 10.2. The number of rotatable bonds is 6. The van der Waals surface area contributed by atoms with Crippen LogP contribution < -0.4 is 0 Å². The molecule has 5 heteroatoms. The molecule has 17 heavy (non-hydrogen) atoms. The minimum atomic E-state index is -0.895. The van der Waals surface area contributed by atoms with Gasteiger partial charge in [0.2, 0.25) is 5.91 Å². The van der Waals surface area contributed by atoms with E-state index >= 15 is 0 Å². The van der Waals surface area contributed by atoms with Gasteiger partial charge >= 0.3 is 5.97 Å². The maximum Gasteiger partial charge on any atom is 0.305 e. The molecular weight excluding hydrogens is 220 g/mol. The van der Waals surface area contributed by atoms with E-state index in [1.165, 1.54) is 0 Å². The van der Waals surface area contributed by atoms with Crippen LogP contribution in [0.2, 0.25) is 0 Å². The quantitative estimate of drug-likeness (QED) is 0.808. The van der Waals surface area contributed by atoms with Gasteiger partial charge in [0.05, 0.1) is 6.42 Å². The highest BCUT2D eigenvalue weighted by atomic mass is 16.4. The van der Waals surface area contributed by atoms with Crippen LogP contribution in [-0.2, 0) is 16.1 Å². The fourth-order valence-corrected chi connectivity index (χ4v) is 1.45. The summed E-state index contributed by atoms with van der Waals surface area (Å²) < 4.78 is 0. The molecule has 92 valence electrons. The van der Waals surface area contributed by atoms with Gasteiger partial charge in [0.1, 0.15) is 0 Å². The fourth-order valence-electron chi connectivity index (χ4n) is 1.45. The molecule has 0 aliphatic heterocycles. The molecule has 0 saturated carbocycles. The summed E-state index contributed by atoms with van der Waals surface area (Å²) in [5.74, 6) is -0.934. The van der Waals surface area contributed by atoms with Crippen LogP contribution in [0.3, 0.4) is 0 Å². The molecule has 1 aromatic rings. The van der Waals surface area contributed by atoms with Crippen molar-refractivity contribution in [2.45, 2.75) is 26.3 Å². The van der Waals surface area contributed by atoms with Crippen molar-refractivity contribution in [2.75, 3.05) is 6.54 Å². The molecule has 0 spiro atoms. The first-order valence-corrected chi connectivity index (χ1v) is 5.52. The van der Waals surface area contributed by atoms with Crippen LogP contribution >= 0.6 is 0 Å². The zero-order chi connectivity index (χ0) is 12.7. The molecule has 0 radical (unpaired) electrons. The first-order chi connectivity index (χ1) is 8.13. The Hall–Kier alpha value is -1.91.